The largest absolute Gasteiger partial charge is 0.480 e. The third-order valence-corrected chi connectivity index (χ3v) is 2.76. The molecule has 2 atom stereocenters. The number of rotatable bonds is 5. The molecule has 0 spiro atoms. The lowest BCUT2D eigenvalue weighted by Gasteiger charge is -2.16. The molecule has 2 unspecified atom stereocenters. The summed E-state index contributed by atoms with van der Waals surface area (Å²) in [5.74, 6) is -2.50. The van der Waals surface area contributed by atoms with Gasteiger partial charge in [-0.1, -0.05) is 19.1 Å². The predicted octanol–water partition coefficient (Wildman–Crippen LogP) is 1.91. The normalized spacial score (nSPS) is 13.7. The van der Waals surface area contributed by atoms with Gasteiger partial charge in [-0.25, -0.2) is 9.18 Å². The van der Waals surface area contributed by atoms with Crippen molar-refractivity contribution in [3.05, 3.63) is 35.6 Å². The van der Waals surface area contributed by atoms with Crippen LogP contribution in [-0.2, 0) is 9.59 Å². The molecule has 1 aromatic rings. The fraction of sp³-hybridized carbons (Fsp3) is 0.385. The number of halogens is 1. The summed E-state index contributed by atoms with van der Waals surface area (Å²) in [4.78, 5) is 22.6. The molecule has 18 heavy (non-hydrogen) atoms. The molecule has 0 saturated heterocycles. The molecule has 1 aromatic carbocycles. The van der Waals surface area contributed by atoms with Gasteiger partial charge >= 0.3 is 5.97 Å². The molecular weight excluding hydrogens is 237 g/mol. The van der Waals surface area contributed by atoms with E-state index in [0.717, 1.165) is 0 Å². The van der Waals surface area contributed by atoms with Gasteiger partial charge in [0.25, 0.3) is 0 Å². The van der Waals surface area contributed by atoms with E-state index in [4.69, 9.17) is 5.11 Å². The zero-order valence-corrected chi connectivity index (χ0v) is 10.3. The molecule has 0 fully saturated rings. The van der Waals surface area contributed by atoms with E-state index in [9.17, 15) is 14.0 Å². The van der Waals surface area contributed by atoms with Crippen molar-refractivity contribution in [2.75, 3.05) is 0 Å². The van der Waals surface area contributed by atoms with Crippen molar-refractivity contribution in [1.82, 2.24) is 5.32 Å². The van der Waals surface area contributed by atoms with Gasteiger partial charge in [0.15, 0.2) is 0 Å². The van der Waals surface area contributed by atoms with Crippen LogP contribution < -0.4 is 5.32 Å². The number of aliphatic carboxylic acids is 1. The number of hydrogen-bond donors (Lipinski definition) is 2. The highest BCUT2D eigenvalue weighted by molar-refractivity contribution is 5.87. The zero-order chi connectivity index (χ0) is 13.7. The number of hydrogen-bond acceptors (Lipinski definition) is 2. The maximum absolute atomic E-state index is 13.0. The number of carbonyl (C=O) groups is 2. The Kier molecular flexibility index (Phi) is 4.83. The summed E-state index contributed by atoms with van der Waals surface area (Å²) < 4.78 is 13.0. The third kappa shape index (κ3) is 3.55. The summed E-state index contributed by atoms with van der Waals surface area (Å²) in [6.07, 6.45) is 0.303. The van der Waals surface area contributed by atoms with E-state index >= 15 is 0 Å². The van der Waals surface area contributed by atoms with Crippen LogP contribution in [0.4, 0.5) is 4.39 Å². The van der Waals surface area contributed by atoms with E-state index in [1.807, 2.05) is 0 Å². The van der Waals surface area contributed by atoms with E-state index in [-0.39, 0.29) is 0 Å². The Morgan fingerprint density at radius 2 is 2.11 bits per heavy atom. The molecule has 0 aliphatic carbocycles. The van der Waals surface area contributed by atoms with E-state index in [0.29, 0.717) is 12.0 Å². The zero-order valence-electron chi connectivity index (χ0n) is 10.3. The van der Waals surface area contributed by atoms with E-state index in [1.54, 1.807) is 19.9 Å². The first-order valence-corrected chi connectivity index (χ1v) is 5.74. The minimum absolute atomic E-state index is 0.303. The molecule has 0 saturated carbocycles. The van der Waals surface area contributed by atoms with E-state index < -0.39 is 29.7 Å². The monoisotopic (exact) mass is 253 g/mol. The summed E-state index contributed by atoms with van der Waals surface area (Å²) in [7, 11) is 0. The summed E-state index contributed by atoms with van der Waals surface area (Å²) in [5.41, 5.74) is 0.521. The van der Waals surface area contributed by atoms with E-state index in [1.165, 1.54) is 18.2 Å². The van der Waals surface area contributed by atoms with Crippen LogP contribution in [0.1, 0.15) is 31.7 Å². The van der Waals surface area contributed by atoms with Crippen molar-refractivity contribution in [1.29, 1.82) is 0 Å². The molecule has 1 rings (SSSR count). The Morgan fingerprint density at radius 1 is 1.44 bits per heavy atom. The van der Waals surface area contributed by atoms with Crippen LogP contribution in [-0.4, -0.2) is 23.0 Å². The van der Waals surface area contributed by atoms with Crippen LogP contribution in [0.5, 0.6) is 0 Å². The fourth-order valence-electron chi connectivity index (χ4n) is 1.56. The molecule has 2 N–H and O–H groups in total. The Labute approximate surface area is 105 Å². The second-order valence-corrected chi connectivity index (χ2v) is 4.08. The number of carboxylic acid groups (broad SMARTS) is 1. The molecule has 0 heterocycles. The smallest absolute Gasteiger partial charge is 0.326 e. The van der Waals surface area contributed by atoms with Crippen molar-refractivity contribution in [3.63, 3.8) is 0 Å². The van der Waals surface area contributed by atoms with Crippen LogP contribution >= 0.6 is 0 Å². The lowest BCUT2D eigenvalue weighted by Crippen LogP contribution is -2.42. The standard InChI is InChI=1S/C13H16FNO3/c1-3-11(13(17)18)15-12(16)8(2)9-5-4-6-10(14)7-9/h4-8,11H,3H2,1-2H3,(H,15,16)(H,17,18). The topological polar surface area (TPSA) is 66.4 Å². The number of nitrogens with one attached hydrogen (secondary N) is 1. The summed E-state index contributed by atoms with van der Waals surface area (Å²) in [5, 5.41) is 11.3. The Hall–Kier alpha value is -1.91. The first-order valence-electron chi connectivity index (χ1n) is 5.74. The lowest BCUT2D eigenvalue weighted by atomic mass is 10.00. The Morgan fingerprint density at radius 3 is 2.61 bits per heavy atom. The maximum atomic E-state index is 13.0. The van der Waals surface area contributed by atoms with Crippen LogP contribution in [0.2, 0.25) is 0 Å². The van der Waals surface area contributed by atoms with Crippen LogP contribution in [0.15, 0.2) is 24.3 Å². The Bertz CT molecular complexity index is 448. The molecule has 98 valence electrons. The van der Waals surface area contributed by atoms with Gasteiger partial charge in [0.1, 0.15) is 11.9 Å². The average Bonchev–Trinajstić information content (AvgIpc) is 2.34. The predicted molar refractivity (Wildman–Crippen MR) is 64.7 cm³/mol. The van der Waals surface area contributed by atoms with Crippen molar-refractivity contribution in [2.24, 2.45) is 0 Å². The average molecular weight is 253 g/mol. The second kappa shape index (κ2) is 6.14. The number of carboxylic acids is 1. The minimum Gasteiger partial charge on any atom is -0.480 e. The molecule has 1 amide bonds. The van der Waals surface area contributed by atoms with Gasteiger partial charge < -0.3 is 10.4 Å². The second-order valence-electron chi connectivity index (χ2n) is 4.08. The summed E-state index contributed by atoms with van der Waals surface area (Å²) >= 11 is 0. The molecule has 0 radical (unpaired) electrons. The molecule has 5 heteroatoms. The summed E-state index contributed by atoms with van der Waals surface area (Å²) in [6.45, 7) is 3.28. The van der Waals surface area contributed by atoms with E-state index in [2.05, 4.69) is 5.32 Å². The minimum atomic E-state index is -1.07. The first kappa shape index (κ1) is 14.2. The number of amides is 1. The molecule has 4 nitrogen and oxygen atoms in total. The van der Waals surface area contributed by atoms with Crippen molar-refractivity contribution < 1.29 is 19.1 Å². The molecule has 0 aliphatic heterocycles. The van der Waals surface area contributed by atoms with Gasteiger partial charge in [0.05, 0.1) is 5.92 Å². The number of benzene rings is 1. The van der Waals surface area contributed by atoms with Gasteiger partial charge in [0, 0.05) is 0 Å². The van der Waals surface area contributed by atoms with Crippen LogP contribution in [0, 0.1) is 5.82 Å². The van der Waals surface area contributed by atoms with Crippen molar-refractivity contribution in [3.8, 4) is 0 Å². The highest BCUT2D eigenvalue weighted by Gasteiger charge is 2.22. The van der Waals surface area contributed by atoms with Crippen molar-refractivity contribution in [2.45, 2.75) is 32.2 Å². The molecule has 0 aliphatic rings. The van der Waals surface area contributed by atoms with Crippen molar-refractivity contribution >= 4 is 11.9 Å². The fourth-order valence-corrected chi connectivity index (χ4v) is 1.56. The molecule has 0 bridgehead atoms. The van der Waals surface area contributed by atoms with Gasteiger partial charge in [-0.2, -0.15) is 0 Å². The van der Waals surface area contributed by atoms with Gasteiger partial charge in [-0.05, 0) is 31.0 Å². The highest BCUT2D eigenvalue weighted by Crippen LogP contribution is 2.16. The van der Waals surface area contributed by atoms with Crippen LogP contribution in [0.25, 0.3) is 0 Å². The quantitative estimate of drug-likeness (QED) is 0.842. The highest BCUT2D eigenvalue weighted by atomic mass is 19.1. The van der Waals surface area contributed by atoms with Gasteiger partial charge in [-0.15, -0.1) is 0 Å². The first-order chi connectivity index (χ1) is 8.45. The van der Waals surface area contributed by atoms with Crippen LogP contribution in [0.3, 0.4) is 0 Å². The molecular formula is C13H16FNO3. The molecule has 0 aromatic heterocycles. The van der Waals surface area contributed by atoms with Gasteiger partial charge in [0.2, 0.25) is 5.91 Å². The SMILES string of the molecule is CCC(NC(=O)C(C)c1cccc(F)c1)C(=O)O. The lowest BCUT2D eigenvalue weighted by molar-refractivity contribution is -0.142. The summed E-state index contributed by atoms with van der Waals surface area (Å²) in [6, 6.07) is 4.80. The third-order valence-electron chi connectivity index (χ3n) is 2.76. The van der Waals surface area contributed by atoms with Gasteiger partial charge in [-0.3, -0.25) is 4.79 Å². The Balaban J connectivity index is 2.75. The maximum Gasteiger partial charge on any atom is 0.326 e. The number of carbonyl (C=O) groups excluding carboxylic acids is 1.